The normalized spacial score (nSPS) is 14.4. The first-order valence-electron chi connectivity index (χ1n) is 5.70. The SMILES string of the molecule is Cc1ccc(C(=O)O)cc1NC(=O)CC1CC1. The summed E-state index contributed by atoms with van der Waals surface area (Å²) in [5.74, 6) is -0.487. The van der Waals surface area contributed by atoms with Gasteiger partial charge in [-0.15, -0.1) is 0 Å². The number of benzene rings is 1. The Kier molecular flexibility index (Phi) is 3.13. The first-order chi connectivity index (χ1) is 8.06. The van der Waals surface area contributed by atoms with Crippen LogP contribution >= 0.6 is 0 Å². The van der Waals surface area contributed by atoms with Crippen LogP contribution in [0.1, 0.15) is 35.2 Å². The van der Waals surface area contributed by atoms with Gasteiger partial charge >= 0.3 is 5.97 Å². The fourth-order valence-corrected chi connectivity index (χ4v) is 1.68. The van der Waals surface area contributed by atoms with E-state index >= 15 is 0 Å². The number of nitrogens with one attached hydrogen (secondary N) is 1. The minimum absolute atomic E-state index is 0.0295. The van der Waals surface area contributed by atoms with Crippen LogP contribution < -0.4 is 5.32 Å². The van der Waals surface area contributed by atoms with Crippen LogP contribution in [0.5, 0.6) is 0 Å². The van der Waals surface area contributed by atoms with Crippen molar-refractivity contribution in [3.63, 3.8) is 0 Å². The average molecular weight is 233 g/mol. The molecule has 2 rings (SSSR count). The monoisotopic (exact) mass is 233 g/mol. The lowest BCUT2D eigenvalue weighted by Gasteiger charge is -2.09. The van der Waals surface area contributed by atoms with E-state index < -0.39 is 5.97 Å². The van der Waals surface area contributed by atoms with Crippen LogP contribution in [0.25, 0.3) is 0 Å². The molecule has 0 aromatic heterocycles. The highest BCUT2D eigenvalue weighted by atomic mass is 16.4. The second-order valence-electron chi connectivity index (χ2n) is 4.53. The van der Waals surface area contributed by atoms with Crippen molar-refractivity contribution in [1.82, 2.24) is 0 Å². The number of anilines is 1. The second-order valence-corrected chi connectivity index (χ2v) is 4.53. The smallest absolute Gasteiger partial charge is 0.335 e. The lowest BCUT2D eigenvalue weighted by Crippen LogP contribution is -2.13. The molecule has 2 N–H and O–H groups in total. The van der Waals surface area contributed by atoms with Crippen LogP contribution in [0.3, 0.4) is 0 Å². The Labute approximate surface area is 99.6 Å². The van der Waals surface area contributed by atoms with E-state index in [0.717, 1.165) is 18.4 Å². The summed E-state index contributed by atoms with van der Waals surface area (Å²) in [4.78, 5) is 22.5. The highest BCUT2D eigenvalue weighted by molar-refractivity contribution is 5.94. The molecule has 1 fully saturated rings. The molecule has 1 aliphatic rings. The Morgan fingerprint density at radius 1 is 1.41 bits per heavy atom. The Morgan fingerprint density at radius 3 is 2.71 bits per heavy atom. The van der Waals surface area contributed by atoms with Crippen molar-refractivity contribution in [3.05, 3.63) is 29.3 Å². The van der Waals surface area contributed by atoms with Gasteiger partial charge in [0.1, 0.15) is 0 Å². The van der Waals surface area contributed by atoms with Crippen molar-refractivity contribution in [3.8, 4) is 0 Å². The van der Waals surface area contributed by atoms with Crippen molar-refractivity contribution < 1.29 is 14.7 Å². The van der Waals surface area contributed by atoms with E-state index in [1.165, 1.54) is 12.1 Å². The summed E-state index contributed by atoms with van der Waals surface area (Å²) >= 11 is 0. The van der Waals surface area contributed by atoms with E-state index in [0.29, 0.717) is 18.0 Å². The topological polar surface area (TPSA) is 66.4 Å². The second kappa shape index (κ2) is 4.57. The maximum Gasteiger partial charge on any atom is 0.335 e. The molecule has 1 saturated carbocycles. The van der Waals surface area contributed by atoms with Crippen LogP contribution in [-0.2, 0) is 4.79 Å². The third-order valence-electron chi connectivity index (χ3n) is 2.93. The molecule has 0 heterocycles. The van der Waals surface area contributed by atoms with Crippen LogP contribution in [0, 0.1) is 12.8 Å². The van der Waals surface area contributed by atoms with E-state index in [1.807, 2.05) is 6.92 Å². The number of carbonyl (C=O) groups is 2. The molecular weight excluding hydrogens is 218 g/mol. The molecule has 0 aliphatic heterocycles. The average Bonchev–Trinajstić information content (AvgIpc) is 3.04. The Morgan fingerprint density at radius 2 is 2.12 bits per heavy atom. The minimum atomic E-state index is -0.984. The van der Waals surface area contributed by atoms with Crippen molar-refractivity contribution >= 4 is 17.6 Å². The lowest BCUT2D eigenvalue weighted by atomic mass is 10.1. The summed E-state index contributed by atoms with van der Waals surface area (Å²) in [6, 6.07) is 4.74. The number of amides is 1. The van der Waals surface area contributed by atoms with Gasteiger partial charge in [-0.25, -0.2) is 4.79 Å². The first-order valence-corrected chi connectivity index (χ1v) is 5.70. The van der Waals surface area contributed by atoms with Gasteiger partial charge in [0.05, 0.1) is 5.56 Å². The van der Waals surface area contributed by atoms with Gasteiger partial charge in [-0.1, -0.05) is 6.07 Å². The predicted molar refractivity (Wildman–Crippen MR) is 64.1 cm³/mol. The molecule has 4 nitrogen and oxygen atoms in total. The molecule has 1 amide bonds. The third kappa shape index (κ3) is 3.06. The molecule has 17 heavy (non-hydrogen) atoms. The van der Waals surface area contributed by atoms with E-state index in [9.17, 15) is 9.59 Å². The zero-order chi connectivity index (χ0) is 12.4. The third-order valence-corrected chi connectivity index (χ3v) is 2.93. The Hall–Kier alpha value is -1.84. The summed E-state index contributed by atoms with van der Waals surface area (Å²) in [6.07, 6.45) is 2.79. The van der Waals surface area contributed by atoms with E-state index in [2.05, 4.69) is 5.32 Å². The van der Waals surface area contributed by atoms with E-state index in [1.54, 1.807) is 6.07 Å². The summed E-state index contributed by atoms with van der Waals surface area (Å²) in [6.45, 7) is 1.85. The Balaban J connectivity index is 2.09. The number of hydrogen-bond donors (Lipinski definition) is 2. The van der Waals surface area contributed by atoms with Crippen molar-refractivity contribution in [2.24, 2.45) is 5.92 Å². The van der Waals surface area contributed by atoms with Crippen LogP contribution in [-0.4, -0.2) is 17.0 Å². The van der Waals surface area contributed by atoms with Gasteiger partial charge in [0.15, 0.2) is 0 Å². The zero-order valence-electron chi connectivity index (χ0n) is 9.69. The number of carboxylic acid groups (broad SMARTS) is 1. The molecule has 4 heteroatoms. The molecule has 0 saturated heterocycles. The highest BCUT2D eigenvalue weighted by Crippen LogP contribution is 2.32. The molecule has 1 aliphatic carbocycles. The fraction of sp³-hybridized carbons (Fsp3) is 0.385. The van der Waals surface area contributed by atoms with Gasteiger partial charge in [0, 0.05) is 12.1 Å². The summed E-state index contributed by atoms with van der Waals surface area (Å²) < 4.78 is 0. The first kappa shape index (κ1) is 11.6. The maximum atomic E-state index is 11.6. The summed E-state index contributed by atoms with van der Waals surface area (Å²) in [5.41, 5.74) is 1.66. The highest BCUT2D eigenvalue weighted by Gasteiger charge is 2.24. The fourth-order valence-electron chi connectivity index (χ4n) is 1.68. The van der Waals surface area contributed by atoms with Gasteiger partial charge in [-0.05, 0) is 43.4 Å². The van der Waals surface area contributed by atoms with Gasteiger partial charge < -0.3 is 10.4 Å². The molecule has 0 bridgehead atoms. The standard InChI is InChI=1S/C13H15NO3/c1-8-2-5-10(13(16)17)7-11(8)14-12(15)6-9-3-4-9/h2,5,7,9H,3-4,6H2,1H3,(H,14,15)(H,16,17). The van der Waals surface area contributed by atoms with Crippen LogP contribution in [0.15, 0.2) is 18.2 Å². The Bertz CT molecular complexity index is 464. The molecule has 0 spiro atoms. The molecule has 0 atom stereocenters. The molecule has 90 valence electrons. The van der Waals surface area contributed by atoms with Gasteiger partial charge in [0.2, 0.25) is 5.91 Å². The predicted octanol–water partition coefficient (Wildman–Crippen LogP) is 2.43. The number of carbonyl (C=O) groups excluding carboxylic acids is 1. The molecule has 0 radical (unpaired) electrons. The number of carboxylic acids is 1. The van der Waals surface area contributed by atoms with Gasteiger partial charge in [-0.2, -0.15) is 0 Å². The quantitative estimate of drug-likeness (QED) is 0.839. The maximum absolute atomic E-state index is 11.6. The van der Waals surface area contributed by atoms with Crippen molar-refractivity contribution in [1.29, 1.82) is 0 Å². The zero-order valence-corrected chi connectivity index (χ0v) is 9.69. The van der Waals surface area contributed by atoms with Crippen LogP contribution in [0.2, 0.25) is 0 Å². The molecule has 0 unspecified atom stereocenters. The number of hydrogen-bond acceptors (Lipinski definition) is 2. The van der Waals surface area contributed by atoms with E-state index in [-0.39, 0.29) is 11.5 Å². The molecule has 1 aromatic rings. The number of aryl methyl sites for hydroxylation is 1. The summed E-state index contributed by atoms with van der Waals surface area (Å²) in [7, 11) is 0. The largest absolute Gasteiger partial charge is 0.478 e. The number of rotatable bonds is 4. The van der Waals surface area contributed by atoms with Crippen molar-refractivity contribution in [2.75, 3.05) is 5.32 Å². The van der Waals surface area contributed by atoms with Gasteiger partial charge in [-0.3, -0.25) is 4.79 Å². The van der Waals surface area contributed by atoms with Gasteiger partial charge in [0.25, 0.3) is 0 Å². The molecule has 1 aromatic carbocycles. The van der Waals surface area contributed by atoms with Crippen molar-refractivity contribution in [2.45, 2.75) is 26.2 Å². The minimum Gasteiger partial charge on any atom is -0.478 e. The van der Waals surface area contributed by atoms with E-state index in [4.69, 9.17) is 5.11 Å². The summed E-state index contributed by atoms with van der Waals surface area (Å²) in [5, 5.41) is 11.7. The number of aromatic carboxylic acids is 1. The lowest BCUT2D eigenvalue weighted by molar-refractivity contribution is -0.116. The molecular formula is C13H15NO3. The van der Waals surface area contributed by atoms with Crippen LogP contribution in [0.4, 0.5) is 5.69 Å².